The Morgan fingerprint density at radius 3 is 3.00 bits per heavy atom. The zero-order chi connectivity index (χ0) is 12.7. The lowest BCUT2D eigenvalue weighted by Gasteiger charge is -2.18. The number of aromatic nitrogens is 1. The normalized spacial score (nSPS) is 14.1. The average molecular weight is 242 g/mol. The third kappa shape index (κ3) is 1.45. The van der Waals surface area contributed by atoms with Gasteiger partial charge in [-0.1, -0.05) is 0 Å². The van der Waals surface area contributed by atoms with E-state index in [0.29, 0.717) is 11.1 Å². The second-order valence-corrected chi connectivity index (χ2v) is 4.60. The first-order valence-corrected chi connectivity index (χ1v) is 6.08. The van der Waals surface area contributed by atoms with Gasteiger partial charge < -0.3 is 9.88 Å². The van der Waals surface area contributed by atoms with Crippen molar-refractivity contribution in [2.75, 3.05) is 11.9 Å². The number of hydrogen-bond donors (Lipinski definition) is 1. The molecular weight excluding hydrogens is 228 g/mol. The summed E-state index contributed by atoms with van der Waals surface area (Å²) >= 11 is 0. The van der Waals surface area contributed by atoms with Crippen molar-refractivity contribution in [1.82, 2.24) is 4.57 Å². The number of carbonyl (C=O) groups excluding carboxylic acids is 2. The van der Waals surface area contributed by atoms with E-state index in [4.69, 9.17) is 0 Å². The summed E-state index contributed by atoms with van der Waals surface area (Å²) in [5, 5.41) is 4.13. The number of nitrogens with zero attached hydrogens (tertiary/aromatic N) is 1. The van der Waals surface area contributed by atoms with Gasteiger partial charge in [0.25, 0.3) is 0 Å². The molecule has 3 rings (SSSR count). The van der Waals surface area contributed by atoms with Gasteiger partial charge in [-0.3, -0.25) is 9.59 Å². The Morgan fingerprint density at radius 1 is 1.44 bits per heavy atom. The van der Waals surface area contributed by atoms with Gasteiger partial charge in [-0.2, -0.15) is 0 Å². The molecule has 0 fully saturated rings. The van der Waals surface area contributed by atoms with Crippen LogP contribution in [-0.4, -0.2) is 23.2 Å². The van der Waals surface area contributed by atoms with E-state index in [1.54, 1.807) is 0 Å². The highest BCUT2D eigenvalue weighted by Gasteiger charge is 2.19. The number of aryl methyl sites for hydroxylation is 1. The predicted octanol–water partition coefficient (Wildman–Crippen LogP) is 2.47. The van der Waals surface area contributed by atoms with Crippen LogP contribution in [0.3, 0.4) is 0 Å². The molecule has 0 saturated heterocycles. The summed E-state index contributed by atoms with van der Waals surface area (Å²) in [6.07, 6.45) is 1.92. The molecule has 1 aromatic heterocycles. The molecule has 0 unspecified atom stereocenters. The monoisotopic (exact) mass is 242 g/mol. The van der Waals surface area contributed by atoms with E-state index < -0.39 is 0 Å². The molecule has 1 aromatic carbocycles. The first-order valence-electron chi connectivity index (χ1n) is 6.08. The lowest BCUT2D eigenvalue weighted by atomic mass is 10.1. The molecule has 0 spiro atoms. The number of nitrogens with one attached hydrogen (secondary N) is 1. The lowest BCUT2D eigenvalue weighted by Crippen LogP contribution is -2.17. The van der Waals surface area contributed by atoms with Crippen molar-refractivity contribution < 1.29 is 9.59 Å². The molecule has 1 aliphatic heterocycles. The maximum atomic E-state index is 11.4. The Morgan fingerprint density at radius 2 is 2.28 bits per heavy atom. The third-order valence-corrected chi connectivity index (χ3v) is 3.48. The summed E-state index contributed by atoms with van der Waals surface area (Å²) in [4.78, 5) is 22.7. The van der Waals surface area contributed by atoms with Gasteiger partial charge in [0.05, 0.1) is 11.1 Å². The van der Waals surface area contributed by atoms with Crippen LogP contribution in [0.15, 0.2) is 18.2 Å². The van der Waals surface area contributed by atoms with Crippen LogP contribution < -0.4 is 5.32 Å². The molecule has 0 saturated carbocycles. The minimum absolute atomic E-state index is 0.0193. The maximum absolute atomic E-state index is 11.4. The number of carbonyl (C=O) groups is 2. The van der Waals surface area contributed by atoms with Crippen molar-refractivity contribution in [3.05, 3.63) is 29.3 Å². The second-order valence-electron chi connectivity index (χ2n) is 4.60. The first kappa shape index (κ1) is 11.0. The molecule has 2 aromatic rings. The van der Waals surface area contributed by atoms with Crippen LogP contribution in [0.5, 0.6) is 0 Å². The molecule has 18 heavy (non-hydrogen) atoms. The number of benzene rings is 1. The fourth-order valence-electron chi connectivity index (χ4n) is 2.59. The van der Waals surface area contributed by atoms with E-state index in [-0.39, 0.29) is 5.78 Å². The lowest BCUT2D eigenvalue weighted by molar-refractivity contribution is 0.101. The molecule has 0 bridgehead atoms. The number of rotatable bonds is 2. The fourth-order valence-corrected chi connectivity index (χ4v) is 2.59. The molecule has 1 aliphatic rings. The topological polar surface area (TPSA) is 51.1 Å². The predicted molar refractivity (Wildman–Crippen MR) is 70.4 cm³/mol. The van der Waals surface area contributed by atoms with Crippen LogP contribution in [0.1, 0.15) is 34.1 Å². The van der Waals surface area contributed by atoms with Crippen LogP contribution in [0.4, 0.5) is 5.82 Å². The molecular formula is C14H14N2O2. The molecule has 2 heterocycles. The average Bonchev–Trinajstić information content (AvgIpc) is 2.71. The van der Waals surface area contributed by atoms with Crippen molar-refractivity contribution in [3.63, 3.8) is 0 Å². The number of Topliss-reactive ketones (excluding diaryl/α,β-unsaturated/α-hetero) is 1. The van der Waals surface area contributed by atoms with Gasteiger partial charge in [-0.15, -0.1) is 0 Å². The van der Waals surface area contributed by atoms with Crippen LogP contribution in [0.2, 0.25) is 0 Å². The SMILES string of the molecule is CC(=O)c1ccc2c(c1)c(C=O)c1n2CCCN1. The molecule has 0 atom stereocenters. The Balaban J connectivity index is 2.34. The van der Waals surface area contributed by atoms with E-state index >= 15 is 0 Å². The molecule has 0 amide bonds. The maximum Gasteiger partial charge on any atom is 0.159 e. The molecule has 92 valence electrons. The Labute approximate surface area is 105 Å². The van der Waals surface area contributed by atoms with Crippen molar-refractivity contribution in [2.24, 2.45) is 0 Å². The summed E-state index contributed by atoms with van der Waals surface area (Å²) in [5.74, 6) is 0.901. The molecule has 0 radical (unpaired) electrons. The van der Waals surface area contributed by atoms with Gasteiger partial charge >= 0.3 is 0 Å². The van der Waals surface area contributed by atoms with Gasteiger partial charge in [-0.05, 0) is 31.5 Å². The van der Waals surface area contributed by atoms with Crippen molar-refractivity contribution in [2.45, 2.75) is 19.9 Å². The smallest absolute Gasteiger partial charge is 0.159 e. The zero-order valence-electron chi connectivity index (χ0n) is 10.2. The van der Waals surface area contributed by atoms with Crippen LogP contribution in [0.25, 0.3) is 10.9 Å². The van der Waals surface area contributed by atoms with E-state index in [1.165, 1.54) is 6.92 Å². The van der Waals surface area contributed by atoms with Gasteiger partial charge in [0.1, 0.15) is 5.82 Å². The van der Waals surface area contributed by atoms with Gasteiger partial charge in [-0.25, -0.2) is 0 Å². The number of hydrogen-bond acceptors (Lipinski definition) is 3. The highest BCUT2D eigenvalue weighted by atomic mass is 16.1. The van der Waals surface area contributed by atoms with E-state index in [9.17, 15) is 9.59 Å². The first-order chi connectivity index (χ1) is 8.72. The van der Waals surface area contributed by atoms with E-state index in [1.807, 2.05) is 18.2 Å². The van der Waals surface area contributed by atoms with E-state index in [2.05, 4.69) is 9.88 Å². The van der Waals surface area contributed by atoms with Crippen LogP contribution in [0, 0.1) is 0 Å². The number of ketones is 1. The standard InChI is InChI=1S/C14H14N2O2/c1-9(18)10-3-4-13-11(7-10)12(8-17)14-15-5-2-6-16(13)14/h3-4,7-8,15H,2,5-6H2,1H3. The minimum atomic E-state index is 0.0193. The van der Waals surface area contributed by atoms with Crippen molar-refractivity contribution in [1.29, 1.82) is 0 Å². The van der Waals surface area contributed by atoms with Gasteiger partial charge in [0, 0.05) is 24.0 Å². The number of anilines is 1. The summed E-state index contributed by atoms with van der Waals surface area (Å²) in [7, 11) is 0. The molecule has 4 heteroatoms. The quantitative estimate of drug-likeness (QED) is 0.650. The molecule has 1 N–H and O–H groups in total. The van der Waals surface area contributed by atoms with Crippen LogP contribution in [-0.2, 0) is 6.54 Å². The van der Waals surface area contributed by atoms with Gasteiger partial charge in [0.2, 0.25) is 0 Å². The second kappa shape index (κ2) is 3.98. The Kier molecular flexibility index (Phi) is 2.44. The number of aldehydes is 1. The molecule has 4 nitrogen and oxygen atoms in total. The van der Waals surface area contributed by atoms with Crippen LogP contribution >= 0.6 is 0 Å². The largest absolute Gasteiger partial charge is 0.371 e. The summed E-state index contributed by atoms with van der Waals surface area (Å²) in [5.41, 5.74) is 2.32. The van der Waals surface area contributed by atoms with Gasteiger partial charge in [0.15, 0.2) is 12.1 Å². The Bertz CT molecular complexity index is 655. The molecule has 0 aliphatic carbocycles. The minimum Gasteiger partial charge on any atom is -0.371 e. The van der Waals surface area contributed by atoms with Crippen molar-refractivity contribution >= 4 is 28.8 Å². The summed E-state index contributed by atoms with van der Waals surface area (Å²) in [6.45, 7) is 3.33. The summed E-state index contributed by atoms with van der Waals surface area (Å²) < 4.78 is 2.12. The third-order valence-electron chi connectivity index (χ3n) is 3.48. The Hall–Kier alpha value is -2.10. The fraction of sp³-hybridized carbons (Fsp3) is 0.286. The van der Waals surface area contributed by atoms with Crippen molar-refractivity contribution in [3.8, 4) is 0 Å². The zero-order valence-corrected chi connectivity index (χ0v) is 10.2. The summed E-state index contributed by atoms with van der Waals surface area (Å²) in [6, 6.07) is 5.56. The highest BCUT2D eigenvalue weighted by Crippen LogP contribution is 2.32. The van der Waals surface area contributed by atoms with E-state index in [0.717, 1.165) is 42.5 Å². The number of fused-ring (bicyclic) bond motifs is 3. The highest BCUT2D eigenvalue weighted by molar-refractivity contribution is 6.07.